The third kappa shape index (κ3) is 8.15. The highest BCUT2D eigenvalue weighted by Gasteiger charge is 2.21. The van der Waals surface area contributed by atoms with Crippen LogP contribution in [0.3, 0.4) is 0 Å². The molecule has 1 aliphatic carbocycles. The number of anilines is 2. The summed E-state index contributed by atoms with van der Waals surface area (Å²) in [6.07, 6.45) is 5.50. The van der Waals surface area contributed by atoms with E-state index in [0.29, 0.717) is 29.0 Å². The molecule has 3 aromatic rings. The maximum Gasteiger partial charge on any atom is 0.253 e. The van der Waals surface area contributed by atoms with Gasteiger partial charge in [0.05, 0.1) is 11.0 Å². The van der Waals surface area contributed by atoms with Crippen LogP contribution in [0.1, 0.15) is 87.4 Å². The molecule has 4 rings (SSSR count). The first-order valence-electron chi connectivity index (χ1n) is 14.6. The Morgan fingerprint density at radius 1 is 0.974 bits per heavy atom. The fraction of sp³-hybridized carbons (Fsp3) is 0.531. The Morgan fingerprint density at radius 2 is 1.62 bits per heavy atom. The van der Waals surface area contributed by atoms with E-state index in [2.05, 4.69) is 42.9 Å². The summed E-state index contributed by atoms with van der Waals surface area (Å²) in [7, 11) is 0. The molecule has 0 spiro atoms. The molecule has 0 unspecified atom stereocenters. The number of ketones is 1. The zero-order chi connectivity index (χ0) is 27.9. The van der Waals surface area contributed by atoms with Crippen LogP contribution in [0.25, 0.3) is 11.0 Å². The summed E-state index contributed by atoms with van der Waals surface area (Å²) >= 11 is 0. The maximum absolute atomic E-state index is 13.7. The van der Waals surface area contributed by atoms with Crippen molar-refractivity contribution in [2.24, 2.45) is 11.8 Å². The fourth-order valence-electron chi connectivity index (χ4n) is 4.65. The van der Waals surface area contributed by atoms with Crippen molar-refractivity contribution >= 4 is 34.4 Å². The molecular formula is C32H45N5O2. The molecular weight excluding hydrogens is 486 g/mol. The number of nitrogens with one attached hydrogen (secondary N) is 2. The van der Waals surface area contributed by atoms with Crippen LogP contribution in [-0.4, -0.2) is 51.8 Å². The van der Waals surface area contributed by atoms with Gasteiger partial charge in [0.25, 0.3) is 5.91 Å². The zero-order valence-electron chi connectivity index (χ0n) is 24.3. The van der Waals surface area contributed by atoms with Crippen molar-refractivity contribution in [3.63, 3.8) is 0 Å². The molecule has 7 heteroatoms. The highest BCUT2D eigenvalue weighted by molar-refractivity contribution is 5.98. The Balaban J connectivity index is 1.61. The lowest BCUT2D eigenvalue weighted by atomic mass is 10.1. The van der Waals surface area contributed by atoms with Crippen molar-refractivity contribution in [1.29, 1.82) is 0 Å². The quantitative estimate of drug-likeness (QED) is 0.169. The highest BCUT2D eigenvalue weighted by Crippen LogP contribution is 2.26. The SMILES string of the molecule is CC(=O)c1ccc(Nc2nc3ccc(C(=O)N(CCC(C)C)CCC(C)C)cc3n2CCCNC2CC2)cc1. The summed E-state index contributed by atoms with van der Waals surface area (Å²) in [4.78, 5) is 32.3. The first-order valence-corrected chi connectivity index (χ1v) is 14.6. The van der Waals surface area contributed by atoms with E-state index < -0.39 is 0 Å². The van der Waals surface area contributed by atoms with Gasteiger partial charge >= 0.3 is 0 Å². The number of rotatable bonds is 15. The maximum atomic E-state index is 13.7. The minimum absolute atomic E-state index is 0.0463. The predicted molar refractivity (Wildman–Crippen MR) is 160 cm³/mol. The molecule has 0 atom stereocenters. The number of aromatic nitrogens is 2. The highest BCUT2D eigenvalue weighted by atomic mass is 16.2. The summed E-state index contributed by atoms with van der Waals surface area (Å²) in [6, 6.07) is 14.0. The molecule has 1 saturated carbocycles. The lowest BCUT2D eigenvalue weighted by Gasteiger charge is -2.24. The van der Waals surface area contributed by atoms with Gasteiger partial charge in [-0.15, -0.1) is 0 Å². The van der Waals surface area contributed by atoms with Crippen molar-refractivity contribution in [2.45, 2.75) is 79.3 Å². The Bertz CT molecular complexity index is 1250. The van der Waals surface area contributed by atoms with E-state index in [9.17, 15) is 9.59 Å². The number of Topliss-reactive ketones (excluding diaryl/α,β-unsaturated/α-hetero) is 1. The topological polar surface area (TPSA) is 79.3 Å². The van der Waals surface area contributed by atoms with Crippen molar-refractivity contribution < 1.29 is 9.59 Å². The van der Waals surface area contributed by atoms with Gasteiger partial charge in [-0.1, -0.05) is 27.7 Å². The van der Waals surface area contributed by atoms with Gasteiger partial charge in [-0.2, -0.15) is 0 Å². The van der Waals surface area contributed by atoms with Gasteiger partial charge in [-0.3, -0.25) is 9.59 Å². The van der Waals surface area contributed by atoms with Gasteiger partial charge in [-0.05, 0) is 99.9 Å². The molecule has 0 radical (unpaired) electrons. The van der Waals surface area contributed by atoms with Crippen molar-refractivity contribution in [3.8, 4) is 0 Å². The Labute approximate surface area is 233 Å². The first-order chi connectivity index (χ1) is 18.7. The number of fused-ring (bicyclic) bond motifs is 1. The lowest BCUT2D eigenvalue weighted by Crippen LogP contribution is -2.34. The standard InChI is InChI=1S/C32H45N5O2/c1-22(2)15-19-36(20-16-23(3)4)31(39)26-9-14-29-30(21-26)37(18-6-17-33-27-12-13-27)32(35-29)34-28-10-7-25(8-11-28)24(5)38/h7-11,14,21-23,27,33H,6,12-13,15-20H2,1-5H3,(H,34,35). The number of carbonyl (C=O) groups excluding carboxylic acids is 2. The second-order valence-electron chi connectivity index (χ2n) is 11.8. The number of nitrogens with zero attached hydrogens (tertiary/aromatic N) is 3. The zero-order valence-corrected chi connectivity index (χ0v) is 24.3. The summed E-state index contributed by atoms with van der Waals surface area (Å²) < 4.78 is 2.19. The Morgan fingerprint density at radius 3 is 2.21 bits per heavy atom. The number of amides is 1. The van der Waals surface area contributed by atoms with Gasteiger partial charge in [0, 0.05) is 42.5 Å². The Hall–Kier alpha value is -3.19. The van der Waals surface area contributed by atoms with Crippen LogP contribution in [0.2, 0.25) is 0 Å². The number of carbonyl (C=O) groups is 2. The first kappa shape index (κ1) is 28.8. The van der Waals surface area contributed by atoms with Gasteiger partial charge in [-0.25, -0.2) is 4.98 Å². The summed E-state index contributed by atoms with van der Waals surface area (Å²) in [5.74, 6) is 1.98. The summed E-state index contributed by atoms with van der Waals surface area (Å²) in [5.41, 5.74) is 4.09. The molecule has 1 amide bonds. The number of aryl methyl sites for hydroxylation is 1. The molecule has 1 aliphatic rings. The summed E-state index contributed by atoms with van der Waals surface area (Å²) in [6.45, 7) is 13.7. The van der Waals surface area contributed by atoms with Gasteiger partial charge in [0.15, 0.2) is 5.78 Å². The van der Waals surface area contributed by atoms with Crippen LogP contribution >= 0.6 is 0 Å². The largest absolute Gasteiger partial charge is 0.339 e. The molecule has 2 N–H and O–H groups in total. The fourth-order valence-corrected chi connectivity index (χ4v) is 4.65. The smallest absolute Gasteiger partial charge is 0.253 e. The van der Waals surface area contributed by atoms with E-state index in [1.165, 1.54) is 12.8 Å². The van der Waals surface area contributed by atoms with E-state index >= 15 is 0 Å². The van der Waals surface area contributed by atoms with E-state index in [1.807, 2.05) is 47.4 Å². The minimum Gasteiger partial charge on any atom is -0.339 e. The van der Waals surface area contributed by atoms with Crippen LogP contribution in [0.4, 0.5) is 11.6 Å². The predicted octanol–water partition coefficient (Wildman–Crippen LogP) is 6.66. The van der Waals surface area contributed by atoms with Gasteiger partial charge in [0.1, 0.15) is 0 Å². The molecule has 0 saturated heterocycles. The molecule has 7 nitrogen and oxygen atoms in total. The number of imidazole rings is 1. The molecule has 1 fully saturated rings. The van der Waals surface area contributed by atoms with Crippen LogP contribution in [0.15, 0.2) is 42.5 Å². The average molecular weight is 532 g/mol. The molecule has 0 bridgehead atoms. The monoisotopic (exact) mass is 531 g/mol. The van der Waals surface area contributed by atoms with Crippen molar-refractivity contribution in [1.82, 2.24) is 19.8 Å². The molecule has 39 heavy (non-hydrogen) atoms. The van der Waals surface area contributed by atoms with Crippen molar-refractivity contribution in [3.05, 3.63) is 53.6 Å². The minimum atomic E-state index is 0.0463. The third-order valence-electron chi connectivity index (χ3n) is 7.35. The number of benzene rings is 2. The molecule has 210 valence electrons. The van der Waals surface area contributed by atoms with Crippen molar-refractivity contribution in [2.75, 3.05) is 25.0 Å². The van der Waals surface area contributed by atoms with Crippen LogP contribution in [0.5, 0.6) is 0 Å². The van der Waals surface area contributed by atoms with E-state index in [-0.39, 0.29) is 11.7 Å². The lowest BCUT2D eigenvalue weighted by molar-refractivity contribution is 0.0740. The van der Waals surface area contributed by atoms with Crippen LogP contribution in [0, 0.1) is 11.8 Å². The second kappa shape index (κ2) is 13.2. The summed E-state index contributed by atoms with van der Waals surface area (Å²) in [5, 5.41) is 7.05. The van der Waals surface area contributed by atoms with Crippen LogP contribution in [-0.2, 0) is 6.54 Å². The number of hydrogen-bond donors (Lipinski definition) is 2. The third-order valence-corrected chi connectivity index (χ3v) is 7.35. The molecule has 0 aliphatic heterocycles. The van der Waals surface area contributed by atoms with Gasteiger partial charge in [0.2, 0.25) is 5.95 Å². The average Bonchev–Trinajstić information content (AvgIpc) is 3.67. The van der Waals surface area contributed by atoms with E-state index in [0.717, 1.165) is 68.1 Å². The molecule has 1 heterocycles. The molecule has 2 aromatic carbocycles. The molecule has 1 aromatic heterocycles. The van der Waals surface area contributed by atoms with Crippen LogP contribution < -0.4 is 10.6 Å². The van der Waals surface area contributed by atoms with E-state index in [4.69, 9.17) is 4.98 Å². The number of hydrogen-bond acceptors (Lipinski definition) is 5. The van der Waals surface area contributed by atoms with E-state index in [1.54, 1.807) is 6.92 Å². The Kier molecular flexibility index (Phi) is 9.78. The normalized spacial score (nSPS) is 13.4. The van der Waals surface area contributed by atoms with Gasteiger partial charge < -0.3 is 20.1 Å². The second-order valence-corrected chi connectivity index (χ2v) is 11.8.